The highest BCUT2D eigenvalue weighted by molar-refractivity contribution is 5.97. The number of aliphatic hydroxyl groups is 2. The van der Waals surface area contributed by atoms with Crippen molar-refractivity contribution in [2.75, 3.05) is 31.2 Å². The van der Waals surface area contributed by atoms with E-state index in [9.17, 15) is 10.2 Å². The van der Waals surface area contributed by atoms with Crippen LogP contribution in [-0.4, -0.2) is 46.5 Å². The maximum Gasteiger partial charge on any atom is 0.138 e. The van der Waals surface area contributed by atoms with E-state index in [4.69, 9.17) is 10.7 Å². The molecule has 2 heterocycles. The Hall–Kier alpha value is -3.32. The number of aromatic nitrogens is 2. The first-order valence-electron chi connectivity index (χ1n) is 10.4. The molecule has 4 aromatic rings. The van der Waals surface area contributed by atoms with E-state index >= 15 is 0 Å². The molecular formula is C25H26N4O2. The first-order valence-corrected chi connectivity index (χ1v) is 10.4. The molecule has 6 heteroatoms. The van der Waals surface area contributed by atoms with Crippen LogP contribution in [0.15, 0.2) is 72.9 Å². The standard InChI is InChI=1S/C25H26N4O2/c26-17-18-6-8-20(9-7-18)24-21(19-4-2-1-3-5-19)16-22-23(28-24)10-11-27-25(22)29(12-14-30)13-15-31/h1-11,16,30-31H,12-15,17,26H2. The predicted octanol–water partition coefficient (Wildman–Crippen LogP) is 3.21. The molecule has 0 unspecified atom stereocenters. The fourth-order valence-corrected chi connectivity index (χ4v) is 3.76. The normalized spacial score (nSPS) is 11.1. The van der Waals surface area contributed by atoms with Gasteiger partial charge in [-0.2, -0.15) is 0 Å². The Labute approximate surface area is 181 Å². The molecule has 0 aliphatic rings. The van der Waals surface area contributed by atoms with E-state index < -0.39 is 0 Å². The fourth-order valence-electron chi connectivity index (χ4n) is 3.76. The largest absolute Gasteiger partial charge is 0.395 e. The molecule has 0 aliphatic carbocycles. The average Bonchev–Trinajstić information content (AvgIpc) is 2.83. The van der Waals surface area contributed by atoms with E-state index in [2.05, 4.69) is 35.3 Å². The fraction of sp³-hybridized carbons (Fsp3) is 0.200. The van der Waals surface area contributed by atoms with Gasteiger partial charge in [0.05, 0.1) is 24.4 Å². The Morgan fingerprint density at radius 3 is 2.19 bits per heavy atom. The van der Waals surface area contributed by atoms with Crippen LogP contribution in [0.4, 0.5) is 5.82 Å². The molecule has 0 aliphatic heterocycles. The molecule has 0 saturated carbocycles. The number of aliphatic hydroxyl groups excluding tert-OH is 2. The van der Waals surface area contributed by atoms with Gasteiger partial charge in [-0.3, -0.25) is 0 Å². The minimum absolute atomic E-state index is 0.0252. The summed E-state index contributed by atoms with van der Waals surface area (Å²) in [6.07, 6.45) is 1.72. The van der Waals surface area contributed by atoms with Gasteiger partial charge in [0.15, 0.2) is 0 Å². The van der Waals surface area contributed by atoms with Gasteiger partial charge >= 0.3 is 0 Å². The number of benzene rings is 2. The third kappa shape index (κ3) is 4.41. The van der Waals surface area contributed by atoms with Gasteiger partial charge in [0.25, 0.3) is 0 Å². The van der Waals surface area contributed by atoms with E-state index in [1.165, 1.54) is 0 Å². The van der Waals surface area contributed by atoms with E-state index in [1.54, 1.807) is 6.20 Å². The summed E-state index contributed by atoms with van der Waals surface area (Å²) in [7, 11) is 0. The lowest BCUT2D eigenvalue weighted by molar-refractivity contribution is 0.281. The number of rotatable bonds is 8. The van der Waals surface area contributed by atoms with E-state index in [1.807, 2.05) is 41.3 Å². The van der Waals surface area contributed by atoms with Gasteiger partial charge in [-0.15, -0.1) is 0 Å². The van der Waals surface area contributed by atoms with Crippen molar-refractivity contribution in [2.24, 2.45) is 5.73 Å². The Morgan fingerprint density at radius 2 is 1.55 bits per heavy atom. The van der Waals surface area contributed by atoms with Gasteiger partial charge in [0.1, 0.15) is 5.82 Å². The summed E-state index contributed by atoms with van der Waals surface area (Å²) in [4.78, 5) is 11.5. The lowest BCUT2D eigenvalue weighted by Crippen LogP contribution is -2.30. The molecule has 31 heavy (non-hydrogen) atoms. The highest BCUT2D eigenvalue weighted by Gasteiger charge is 2.17. The molecule has 158 valence electrons. The first-order chi connectivity index (χ1) is 15.2. The van der Waals surface area contributed by atoms with Gasteiger partial charge in [-0.25, -0.2) is 9.97 Å². The lowest BCUT2D eigenvalue weighted by atomic mass is 9.97. The van der Waals surface area contributed by atoms with E-state index in [-0.39, 0.29) is 13.2 Å². The second kappa shape index (κ2) is 9.66. The van der Waals surface area contributed by atoms with Gasteiger partial charge in [0, 0.05) is 42.3 Å². The van der Waals surface area contributed by atoms with Crippen molar-refractivity contribution in [2.45, 2.75) is 6.54 Å². The molecular weight excluding hydrogens is 388 g/mol. The van der Waals surface area contributed by atoms with Crippen LogP contribution in [-0.2, 0) is 6.54 Å². The van der Waals surface area contributed by atoms with Crippen LogP contribution < -0.4 is 10.6 Å². The number of anilines is 1. The number of fused-ring (bicyclic) bond motifs is 1. The summed E-state index contributed by atoms with van der Waals surface area (Å²) in [5, 5.41) is 19.9. The highest BCUT2D eigenvalue weighted by Crippen LogP contribution is 2.35. The zero-order chi connectivity index (χ0) is 21.6. The molecule has 2 aromatic carbocycles. The molecule has 6 nitrogen and oxygen atoms in total. The van der Waals surface area contributed by atoms with Gasteiger partial charge in [-0.05, 0) is 23.3 Å². The Kier molecular flexibility index (Phi) is 6.52. The molecule has 0 spiro atoms. The zero-order valence-electron chi connectivity index (χ0n) is 17.3. The molecule has 4 N–H and O–H groups in total. The number of hydrogen-bond donors (Lipinski definition) is 3. The van der Waals surface area contributed by atoms with Crippen molar-refractivity contribution >= 4 is 16.7 Å². The molecule has 0 bridgehead atoms. The summed E-state index contributed by atoms with van der Waals surface area (Å²) >= 11 is 0. The number of hydrogen-bond acceptors (Lipinski definition) is 6. The minimum Gasteiger partial charge on any atom is -0.395 e. The highest BCUT2D eigenvalue weighted by atomic mass is 16.3. The van der Waals surface area contributed by atoms with Crippen molar-refractivity contribution < 1.29 is 10.2 Å². The topological polar surface area (TPSA) is 95.5 Å². The maximum atomic E-state index is 9.49. The van der Waals surface area contributed by atoms with Crippen LogP contribution >= 0.6 is 0 Å². The van der Waals surface area contributed by atoms with E-state index in [0.717, 1.165) is 38.9 Å². The minimum atomic E-state index is -0.0252. The van der Waals surface area contributed by atoms with Crippen molar-refractivity contribution in [3.63, 3.8) is 0 Å². The van der Waals surface area contributed by atoms with Crippen LogP contribution in [0, 0.1) is 0 Å². The third-order valence-corrected chi connectivity index (χ3v) is 5.31. The smallest absolute Gasteiger partial charge is 0.138 e. The first kappa shape index (κ1) is 20.9. The summed E-state index contributed by atoms with van der Waals surface area (Å²) in [5.41, 5.74) is 11.6. The van der Waals surface area contributed by atoms with Crippen molar-refractivity contribution in [3.8, 4) is 22.4 Å². The van der Waals surface area contributed by atoms with Crippen molar-refractivity contribution in [1.29, 1.82) is 0 Å². The molecule has 4 rings (SSSR count). The molecule has 2 aromatic heterocycles. The van der Waals surface area contributed by atoms with Crippen molar-refractivity contribution in [3.05, 3.63) is 78.5 Å². The predicted molar refractivity (Wildman–Crippen MR) is 125 cm³/mol. The number of nitrogens with zero attached hydrogens (tertiary/aromatic N) is 3. The number of nitrogens with two attached hydrogens (primary N) is 1. The summed E-state index contributed by atoms with van der Waals surface area (Å²) < 4.78 is 0. The summed E-state index contributed by atoms with van der Waals surface area (Å²) in [6, 6.07) is 22.3. The third-order valence-electron chi connectivity index (χ3n) is 5.31. The summed E-state index contributed by atoms with van der Waals surface area (Å²) in [6.45, 7) is 1.22. The maximum absolute atomic E-state index is 9.49. The molecule has 0 fully saturated rings. The Balaban J connectivity index is 1.95. The molecule has 0 amide bonds. The van der Waals surface area contributed by atoms with Crippen LogP contribution in [0.2, 0.25) is 0 Å². The molecule has 0 radical (unpaired) electrons. The monoisotopic (exact) mass is 414 g/mol. The van der Waals surface area contributed by atoms with Crippen LogP contribution in [0.25, 0.3) is 33.3 Å². The van der Waals surface area contributed by atoms with Crippen molar-refractivity contribution in [1.82, 2.24) is 9.97 Å². The van der Waals surface area contributed by atoms with Gasteiger partial charge in [-0.1, -0.05) is 54.6 Å². The Morgan fingerprint density at radius 1 is 0.839 bits per heavy atom. The Bertz CT molecular complexity index is 1140. The van der Waals surface area contributed by atoms with Crippen LogP contribution in [0.1, 0.15) is 5.56 Å². The molecule has 0 saturated heterocycles. The second-order valence-corrected chi connectivity index (χ2v) is 7.29. The van der Waals surface area contributed by atoms with Crippen LogP contribution in [0.3, 0.4) is 0 Å². The quantitative estimate of drug-likeness (QED) is 0.410. The zero-order valence-corrected chi connectivity index (χ0v) is 17.3. The van der Waals surface area contributed by atoms with E-state index in [0.29, 0.717) is 25.5 Å². The second-order valence-electron chi connectivity index (χ2n) is 7.29. The summed E-state index contributed by atoms with van der Waals surface area (Å²) in [5.74, 6) is 0.704. The SMILES string of the molecule is NCc1ccc(-c2nc3ccnc(N(CCO)CCO)c3cc2-c2ccccc2)cc1. The number of pyridine rings is 2. The lowest BCUT2D eigenvalue weighted by Gasteiger charge is -2.23. The van der Waals surface area contributed by atoms with Crippen LogP contribution in [0.5, 0.6) is 0 Å². The van der Waals surface area contributed by atoms with Gasteiger partial charge in [0.2, 0.25) is 0 Å². The molecule has 0 atom stereocenters. The van der Waals surface area contributed by atoms with Gasteiger partial charge < -0.3 is 20.8 Å². The average molecular weight is 415 g/mol.